The molecule has 0 saturated carbocycles. The van der Waals surface area contributed by atoms with Crippen molar-refractivity contribution < 1.29 is 14.3 Å². The molecule has 0 bridgehead atoms. The second kappa shape index (κ2) is 7.44. The fourth-order valence-corrected chi connectivity index (χ4v) is 3.16. The SMILES string of the molecule is C=CCOc1ccccc1CN1C(=O)C(NC(C)=O)c2cc(C)ccc21. The molecule has 1 atom stereocenters. The second-order valence-electron chi connectivity index (χ2n) is 6.33. The Morgan fingerprint density at radius 2 is 2.08 bits per heavy atom. The summed E-state index contributed by atoms with van der Waals surface area (Å²) >= 11 is 0. The van der Waals surface area contributed by atoms with Crippen LogP contribution in [-0.4, -0.2) is 18.4 Å². The van der Waals surface area contributed by atoms with Crippen molar-refractivity contribution in [1.82, 2.24) is 5.32 Å². The van der Waals surface area contributed by atoms with Crippen molar-refractivity contribution in [3.05, 3.63) is 71.8 Å². The van der Waals surface area contributed by atoms with Crippen LogP contribution in [0.3, 0.4) is 0 Å². The molecule has 2 aromatic rings. The van der Waals surface area contributed by atoms with Crippen LogP contribution in [0.15, 0.2) is 55.1 Å². The number of anilines is 1. The summed E-state index contributed by atoms with van der Waals surface area (Å²) in [5.74, 6) is 0.350. The van der Waals surface area contributed by atoms with Crippen LogP contribution in [0.4, 0.5) is 5.69 Å². The van der Waals surface area contributed by atoms with E-state index in [1.165, 1.54) is 6.92 Å². The van der Waals surface area contributed by atoms with Crippen LogP contribution in [-0.2, 0) is 16.1 Å². The average molecular weight is 350 g/mol. The van der Waals surface area contributed by atoms with E-state index in [2.05, 4.69) is 11.9 Å². The van der Waals surface area contributed by atoms with Crippen molar-refractivity contribution >= 4 is 17.5 Å². The molecule has 1 unspecified atom stereocenters. The summed E-state index contributed by atoms with van der Waals surface area (Å²) in [4.78, 5) is 26.3. The van der Waals surface area contributed by atoms with Crippen LogP contribution in [0.5, 0.6) is 5.75 Å². The van der Waals surface area contributed by atoms with E-state index in [0.717, 1.165) is 28.1 Å². The van der Waals surface area contributed by atoms with Crippen LogP contribution in [0.1, 0.15) is 29.7 Å². The Bertz CT molecular complexity index is 860. The van der Waals surface area contributed by atoms with Gasteiger partial charge in [-0.15, -0.1) is 0 Å². The first-order valence-electron chi connectivity index (χ1n) is 8.52. The number of carbonyl (C=O) groups excluding carboxylic acids is 2. The van der Waals surface area contributed by atoms with Gasteiger partial charge in [-0.05, 0) is 19.1 Å². The van der Waals surface area contributed by atoms with Gasteiger partial charge >= 0.3 is 0 Å². The van der Waals surface area contributed by atoms with Gasteiger partial charge in [0.2, 0.25) is 5.91 Å². The molecule has 0 saturated heterocycles. The van der Waals surface area contributed by atoms with Gasteiger partial charge in [-0.25, -0.2) is 0 Å². The standard InChI is InChI=1S/C21H22N2O3/c1-4-11-26-19-8-6-5-7-16(19)13-23-18-10-9-14(2)12-17(18)20(21(23)25)22-15(3)24/h4-10,12,20H,1,11,13H2,2-3H3,(H,22,24). The molecule has 1 aliphatic rings. The smallest absolute Gasteiger partial charge is 0.254 e. The third kappa shape index (κ3) is 3.47. The number of hydrogen-bond donors (Lipinski definition) is 1. The zero-order valence-corrected chi connectivity index (χ0v) is 15.0. The van der Waals surface area contributed by atoms with Crippen molar-refractivity contribution in [3.63, 3.8) is 0 Å². The molecule has 5 nitrogen and oxygen atoms in total. The molecule has 26 heavy (non-hydrogen) atoms. The Labute approximate surface area is 153 Å². The Morgan fingerprint density at radius 3 is 2.81 bits per heavy atom. The monoisotopic (exact) mass is 350 g/mol. The van der Waals surface area contributed by atoms with Crippen LogP contribution in [0.2, 0.25) is 0 Å². The number of fused-ring (bicyclic) bond motifs is 1. The molecular formula is C21H22N2O3. The van der Waals surface area contributed by atoms with Crippen LogP contribution < -0.4 is 15.0 Å². The van der Waals surface area contributed by atoms with Crippen molar-refractivity contribution in [3.8, 4) is 5.75 Å². The maximum absolute atomic E-state index is 13.0. The summed E-state index contributed by atoms with van der Waals surface area (Å²) in [6.07, 6.45) is 1.68. The summed E-state index contributed by atoms with van der Waals surface area (Å²) in [7, 11) is 0. The molecule has 5 heteroatoms. The topological polar surface area (TPSA) is 58.6 Å². The first kappa shape index (κ1) is 17.7. The molecule has 0 fully saturated rings. The number of benzene rings is 2. The van der Waals surface area contributed by atoms with E-state index in [1.807, 2.05) is 49.4 Å². The number of para-hydroxylation sites is 1. The third-order valence-corrected chi connectivity index (χ3v) is 4.30. The van der Waals surface area contributed by atoms with Crippen molar-refractivity contribution in [1.29, 1.82) is 0 Å². The molecule has 0 spiro atoms. The summed E-state index contributed by atoms with van der Waals surface area (Å²) < 4.78 is 5.70. The number of ether oxygens (including phenoxy) is 1. The average Bonchev–Trinajstić information content (AvgIpc) is 2.86. The highest BCUT2D eigenvalue weighted by molar-refractivity contribution is 6.06. The van der Waals surface area contributed by atoms with Gasteiger partial charge in [0, 0.05) is 23.7 Å². The fourth-order valence-electron chi connectivity index (χ4n) is 3.16. The minimum atomic E-state index is -0.649. The summed E-state index contributed by atoms with van der Waals surface area (Å²) in [5, 5.41) is 2.76. The summed E-state index contributed by atoms with van der Waals surface area (Å²) in [6, 6.07) is 12.8. The van der Waals surface area contributed by atoms with E-state index < -0.39 is 6.04 Å². The number of amides is 2. The largest absolute Gasteiger partial charge is 0.489 e. The molecule has 0 aliphatic carbocycles. The minimum Gasteiger partial charge on any atom is -0.489 e. The van der Waals surface area contributed by atoms with E-state index in [1.54, 1.807) is 11.0 Å². The molecule has 0 radical (unpaired) electrons. The van der Waals surface area contributed by atoms with E-state index >= 15 is 0 Å². The molecule has 2 aromatic carbocycles. The van der Waals surface area contributed by atoms with E-state index in [4.69, 9.17) is 4.74 Å². The molecular weight excluding hydrogens is 328 g/mol. The molecule has 3 rings (SSSR count). The Balaban J connectivity index is 1.95. The first-order valence-corrected chi connectivity index (χ1v) is 8.52. The first-order chi connectivity index (χ1) is 12.5. The van der Waals surface area contributed by atoms with Crippen LogP contribution in [0.25, 0.3) is 0 Å². The maximum Gasteiger partial charge on any atom is 0.254 e. The van der Waals surface area contributed by atoms with Crippen LogP contribution in [0, 0.1) is 6.92 Å². The molecule has 134 valence electrons. The van der Waals surface area contributed by atoms with Crippen molar-refractivity contribution in [2.45, 2.75) is 26.4 Å². The van der Waals surface area contributed by atoms with Gasteiger partial charge in [0.05, 0.1) is 6.54 Å². The maximum atomic E-state index is 13.0. The Morgan fingerprint density at radius 1 is 1.31 bits per heavy atom. The van der Waals surface area contributed by atoms with Gasteiger partial charge in [0.15, 0.2) is 0 Å². The van der Waals surface area contributed by atoms with E-state index in [0.29, 0.717) is 13.2 Å². The quantitative estimate of drug-likeness (QED) is 0.814. The number of rotatable bonds is 6. The number of hydrogen-bond acceptors (Lipinski definition) is 3. The number of nitrogens with zero attached hydrogens (tertiary/aromatic N) is 1. The molecule has 1 N–H and O–H groups in total. The lowest BCUT2D eigenvalue weighted by molar-refractivity contribution is -0.126. The van der Waals surface area contributed by atoms with Gasteiger partial charge in [0.1, 0.15) is 18.4 Å². The van der Waals surface area contributed by atoms with Gasteiger partial charge in [-0.3, -0.25) is 9.59 Å². The van der Waals surface area contributed by atoms with Crippen molar-refractivity contribution in [2.24, 2.45) is 0 Å². The van der Waals surface area contributed by atoms with Crippen molar-refractivity contribution in [2.75, 3.05) is 11.5 Å². The fraction of sp³-hybridized carbons (Fsp3) is 0.238. The van der Waals surface area contributed by atoms with Crippen LogP contribution >= 0.6 is 0 Å². The van der Waals surface area contributed by atoms with E-state index in [-0.39, 0.29) is 11.8 Å². The zero-order chi connectivity index (χ0) is 18.7. The number of nitrogens with one attached hydrogen (secondary N) is 1. The highest BCUT2D eigenvalue weighted by atomic mass is 16.5. The minimum absolute atomic E-state index is 0.140. The number of carbonyl (C=O) groups is 2. The number of aryl methyl sites for hydroxylation is 1. The lowest BCUT2D eigenvalue weighted by Crippen LogP contribution is -2.36. The van der Waals surface area contributed by atoms with Gasteiger partial charge in [-0.2, -0.15) is 0 Å². The summed E-state index contributed by atoms with van der Waals surface area (Å²) in [5.41, 5.74) is 3.59. The predicted molar refractivity (Wildman–Crippen MR) is 101 cm³/mol. The molecule has 1 heterocycles. The Hall–Kier alpha value is -3.08. The Kier molecular flexibility index (Phi) is 5.07. The zero-order valence-electron chi connectivity index (χ0n) is 15.0. The normalized spacial score (nSPS) is 15.5. The van der Waals surface area contributed by atoms with Gasteiger partial charge < -0.3 is 15.0 Å². The van der Waals surface area contributed by atoms with Gasteiger partial charge in [0.25, 0.3) is 5.91 Å². The lowest BCUT2D eigenvalue weighted by atomic mass is 10.1. The highest BCUT2D eigenvalue weighted by Gasteiger charge is 2.38. The van der Waals surface area contributed by atoms with E-state index in [9.17, 15) is 9.59 Å². The molecule has 0 aromatic heterocycles. The molecule has 2 amide bonds. The summed E-state index contributed by atoms with van der Waals surface area (Å²) in [6.45, 7) is 7.83. The van der Waals surface area contributed by atoms with Gasteiger partial charge in [-0.1, -0.05) is 48.6 Å². The molecule has 1 aliphatic heterocycles. The highest BCUT2D eigenvalue weighted by Crippen LogP contribution is 2.38. The lowest BCUT2D eigenvalue weighted by Gasteiger charge is -2.20. The third-order valence-electron chi connectivity index (χ3n) is 4.30. The second-order valence-corrected chi connectivity index (χ2v) is 6.33. The predicted octanol–water partition coefficient (Wildman–Crippen LogP) is 3.28.